The predicted octanol–water partition coefficient (Wildman–Crippen LogP) is 2.10. The molecule has 0 radical (unpaired) electrons. The second kappa shape index (κ2) is 6.65. The maximum atomic E-state index is 12.0. The van der Waals surface area contributed by atoms with Gasteiger partial charge in [-0.2, -0.15) is 0 Å². The third-order valence-corrected chi connectivity index (χ3v) is 3.80. The average molecular weight is 284 g/mol. The smallest absolute Gasteiger partial charge is 0.308 e. The van der Waals surface area contributed by atoms with Crippen molar-refractivity contribution in [2.24, 2.45) is 11.8 Å². The lowest BCUT2D eigenvalue weighted by molar-refractivity contribution is -0.140. The largest absolute Gasteiger partial charge is 0.481 e. The molecule has 0 spiro atoms. The number of aliphatic carboxylic acids is 1. The first-order valence-electron chi connectivity index (χ1n) is 6.28. The SMILES string of the molecule is Cc1nc(CC(C)C)sc1C(=O)NC[C@@H](C)C(=O)O. The molecule has 1 aromatic rings. The Morgan fingerprint density at radius 3 is 2.53 bits per heavy atom. The molecule has 1 aromatic heterocycles. The van der Waals surface area contributed by atoms with Gasteiger partial charge in [0.25, 0.3) is 5.91 Å². The van der Waals surface area contributed by atoms with Crippen LogP contribution in [0, 0.1) is 18.8 Å². The number of nitrogens with one attached hydrogen (secondary N) is 1. The number of hydrogen-bond acceptors (Lipinski definition) is 4. The summed E-state index contributed by atoms with van der Waals surface area (Å²) in [6.07, 6.45) is 0.852. The number of hydrogen-bond donors (Lipinski definition) is 2. The fraction of sp³-hybridized carbons (Fsp3) is 0.615. The fourth-order valence-electron chi connectivity index (χ4n) is 1.51. The topological polar surface area (TPSA) is 79.3 Å². The van der Waals surface area contributed by atoms with E-state index in [9.17, 15) is 9.59 Å². The van der Waals surface area contributed by atoms with Crippen molar-refractivity contribution in [1.29, 1.82) is 0 Å². The summed E-state index contributed by atoms with van der Waals surface area (Å²) in [4.78, 5) is 27.6. The van der Waals surface area contributed by atoms with Crippen LogP contribution in [0.15, 0.2) is 0 Å². The van der Waals surface area contributed by atoms with Crippen molar-refractivity contribution in [1.82, 2.24) is 10.3 Å². The van der Waals surface area contributed by atoms with Crippen molar-refractivity contribution in [3.8, 4) is 0 Å². The van der Waals surface area contributed by atoms with Gasteiger partial charge in [0.05, 0.1) is 16.6 Å². The maximum Gasteiger partial charge on any atom is 0.308 e. The lowest BCUT2D eigenvalue weighted by Gasteiger charge is -2.07. The minimum atomic E-state index is -0.915. The number of carboxylic acid groups (broad SMARTS) is 1. The zero-order valence-electron chi connectivity index (χ0n) is 11.7. The normalized spacial score (nSPS) is 12.5. The van der Waals surface area contributed by atoms with Crippen LogP contribution >= 0.6 is 11.3 Å². The van der Waals surface area contributed by atoms with Crippen LogP contribution in [0.25, 0.3) is 0 Å². The van der Waals surface area contributed by atoms with Gasteiger partial charge in [-0.25, -0.2) is 4.98 Å². The Balaban J connectivity index is 2.66. The van der Waals surface area contributed by atoms with Crippen LogP contribution < -0.4 is 5.32 Å². The van der Waals surface area contributed by atoms with Crippen molar-refractivity contribution in [2.45, 2.75) is 34.1 Å². The summed E-state index contributed by atoms with van der Waals surface area (Å²) < 4.78 is 0. The molecule has 0 aliphatic rings. The van der Waals surface area contributed by atoms with Gasteiger partial charge < -0.3 is 10.4 Å². The molecular formula is C13H20N2O3S. The second-order valence-corrected chi connectivity index (χ2v) is 6.15. The number of thiazole rings is 1. The van der Waals surface area contributed by atoms with E-state index in [1.165, 1.54) is 11.3 Å². The summed E-state index contributed by atoms with van der Waals surface area (Å²) in [5.41, 5.74) is 0.709. The van der Waals surface area contributed by atoms with Crippen molar-refractivity contribution in [3.05, 3.63) is 15.6 Å². The lowest BCUT2D eigenvalue weighted by Crippen LogP contribution is -2.31. The Labute approximate surface area is 117 Å². The minimum Gasteiger partial charge on any atom is -0.481 e. The van der Waals surface area contributed by atoms with Crippen molar-refractivity contribution in [2.75, 3.05) is 6.54 Å². The molecule has 0 saturated carbocycles. The summed E-state index contributed by atoms with van der Waals surface area (Å²) in [5.74, 6) is -1.25. The minimum absolute atomic E-state index is 0.130. The molecule has 1 rings (SSSR count). The molecule has 1 amide bonds. The van der Waals surface area contributed by atoms with Crippen molar-refractivity contribution >= 4 is 23.2 Å². The Morgan fingerprint density at radius 1 is 1.37 bits per heavy atom. The molecule has 1 heterocycles. The van der Waals surface area contributed by atoms with E-state index in [4.69, 9.17) is 5.11 Å². The first-order valence-corrected chi connectivity index (χ1v) is 7.10. The summed E-state index contributed by atoms with van der Waals surface area (Å²) in [7, 11) is 0. The highest BCUT2D eigenvalue weighted by Crippen LogP contribution is 2.20. The number of carboxylic acids is 1. The molecule has 106 valence electrons. The molecule has 19 heavy (non-hydrogen) atoms. The molecule has 0 unspecified atom stereocenters. The highest BCUT2D eigenvalue weighted by Gasteiger charge is 2.18. The maximum absolute atomic E-state index is 12.0. The van der Waals surface area contributed by atoms with Crippen LogP contribution in [0.1, 0.15) is 41.1 Å². The molecule has 0 bridgehead atoms. The summed E-state index contributed by atoms with van der Waals surface area (Å²) in [6.45, 7) is 7.70. The predicted molar refractivity (Wildman–Crippen MR) is 74.5 cm³/mol. The van der Waals surface area contributed by atoms with E-state index in [0.29, 0.717) is 16.5 Å². The van der Waals surface area contributed by atoms with E-state index in [-0.39, 0.29) is 12.5 Å². The van der Waals surface area contributed by atoms with E-state index in [0.717, 1.165) is 11.4 Å². The zero-order valence-corrected chi connectivity index (χ0v) is 12.5. The molecule has 5 nitrogen and oxygen atoms in total. The highest BCUT2D eigenvalue weighted by atomic mass is 32.1. The number of carbonyl (C=O) groups excluding carboxylic acids is 1. The van der Waals surface area contributed by atoms with Crippen LogP contribution in [-0.2, 0) is 11.2 Å². The van der Waals surface area contributed by atoms with E-state index in [2.05, 4.69) is 24.1 Å². The van der Waals surface area contributed by atoms with Gasteiger partial charge >= 0.3 is 5.97 Å². The number of carbonyl (C=O) groups is 2. The number of aromatic nitrogens is 1. The molecular weight excluding hydrogens is 264 g/mol. The third-order valence-electron chi connectivity index (χ3n) is 2.62. The summed E-state index contributed by atoms with van der Waals surface area (Å²) in [6, 6.07) is 0. The standard InChI is InChI=1S/C13H20N2O3S/c1-7(2)5-10-15-9(4)11(19-10)12(16)14-6-8(3)13(17)18/h7-8H,5-6H2,1-4H3,(H,14,16)(H,17,18)/t8-/m1/s1. The molecule has 6 heteroatoms. The molecule has 0 fully saturated rings. The monoisotopic (exact) mass is 284 g/mol. The van der Waals surface area contributed by atoms with Gasteiger partial charge in [-0.3, -0.25) is 9.59 Å². The van der Waals surface area contributed by atoms with Gasteiger partial charge in [0.2, 0.25) is 0 Å². The lowest BCUT2D eigenvalue weighted by atomic mass is 10.1. The molecule has 0 aliphatic heterocycles. The van der Waals surface area contributed by atoms with Gasteiger partial charge in [0.1, 0.15) is 4.88 Å². The average Bonchev–Trinajstić information content (AvgIpc) is 2.65. The van der Waals surface area contributed by atoms with Crippen LogP contribution in [0.3, 0.4) is 0 Å². The van der Waals surface area contributed by atoms with E-state index in [1.54, 1.807) is 13.8 Å². The summed E-state index contributed by atoms with van der Waals surface area (Å²) in [5, 5.41) is 12.3. The quantitative estimate of drug-likeness (QED) is 0.838. The third kappa shape index (κ3) is 4.63. The number of nitrogens with zero attached hydrogens (tertiary/aromatic N) is 1. The molecule has 0 aromatic carbocycles. The Bertz CT molecular complexity index is 468. The van der Waals surface area contributed by atoms with Crippen LogP contribution in [0.4, 0.5) is 0 Å². The first kappa shape index (κ1) is 15.6. The first-order chi connectivity index (χ1) is 8.81. The fourth-order valence-corrected chi connectivity index (χ4v) is 2.71. The van der Waals surface area contributed by atoms with Gasteiger partial charge in [0, 0.05) is 13.0 Å². The van der Waals surface area contributed by atoms with E-state index in [1.807, 2.05) is 0 Å². The molecule has 1 atom stereocenters. The summed E-state index contributed by atoms with van der Waals surface area (Å²) >= 11 is 1.39. The van der Waals surface area contributed by atoms with E-state index < -0.39 is 11.9 Å². The van der Waals surface area contributed by atoms with Crippen molar-refractivity contribution < 1.29 is 14.7 Å². The highest BCUT2D eigenvalue weighted by molar-refractivity contribution is 7.13. The Morgan fingerprint density at radius 2 is 2.00 bits per heavy atom. The van der Waals surface area contributed by atoms with Gasteiger partial charge in [-0.05, 0) is 12.8 Å². The molecule has 2 N–H and O–H groups in total. The van der Waals surface area contributed by atoms with E-state index >= 15 is 0 Å². The number of amides is 1. The zero-order chi connectivity index (χ0) is 14.6. The van der Waals surface area contributed by atoms with Crippen molar-refractivity contribution in [3.63, 3.8) is 0 Å². The van der Waals surface area contributed by atoms with Crippen LogP contribution in [0.5, 0.6) is 0 Å². The Kier molecular flexibility index (Phi) is 5.47. The van der Waals surface area contributed by atoms with Gasteiger partial charge in [0.15, 0.2) is 0 Å². The number of rotatable bonds is 6. The van der Waals surface area contributed by atoms with Gasteiger partial charge in [-0.1, -0.05) is 20.8 Å². The van der Waals surface area contributed by atoms with Gasteiger partial charge in [-0.15, -0.1) is 11.3 Å². The molecule has 0 aliphatic carbocycles. The molecule has 0 saturated heterocycles. The Hall–Kier alpha value is -1.43. The van der Waals surface area contributed by atoms with Crippen LogP contribution in [0.2, 0.25) is 0 Å². The number of aryl methyl sites for hydroxylation is 1. The van der Waals surface area contributed by atoms with Crippen LogP contribution in [-0.4, -0.2) is 28.5 Å². The second-order valence-electron chi connectivity index (χ2n) is 5.07.